The number of ether oxygens (including phenoxy) is 2. The fourth-order valence-corrected chi connectivity index (χ4v) is 1.47. The van der Waals surface area contributed by atoms with E-state index in [1.165, 1.54) is 13.2 Å². The van der Waals surface area contributed by atoms with Gasteiger partial charge in [0.05, 0.1) is 7.11 Å². The number of aldehydes is 1. The Kier molecular flexibility index (Phi) is 6.73. The lowest BCUT2D eigenvalue weighted by molar-refractivity contribution is -0.122. The SMILES string of the molecule is CCCNC(=O)NC(=O)COc1cc(C=O)ccc1OC. The van der Waals surface area contributed by atoms with Crippen molar-refractivity contribution < 1.29 is 23.9 Å². The number of benzene rings is 1. The summed E-state index contributed by atoms with van der Waals surface area (Å²) in [5.74, 6) is 0.0530. The smallest absolute Gasteiger partial charge is 0.321 e. The Balaban J connectivity index is 2.56. The van der Waals surface area contributed by atoms with Crippen LogP contribution in [0, 0.1) is 0 Å². The zero-order chi connectivity index (χ0) is 15.7. The first kappa shape index (κ1) is 16.5. The van der Waals surface area contributed by atoms with Crippen LogP contribution >= 0.6 is 0 Å². The van der Waals surface area contributed by atoms with Crippen LogP contribution in [-0.4, -0.2) is 38.5 Å². The van der Waals surface area contributed by atoms with Gasteiger partial charge in [-0.2, -0.15) is 0 Å². The molecule has 0 bridgehead atoms. The Hall–Kier alpha value is -2.57. The Morgan fingerprint density at radius 2 is 2.05 bits per heavy atom. The van der Waals surface area contributed by atoms with Crippen LogP contribution < -0.4 is 20.1 Å². The lowest BCUT2D eigenvalue weighted by Gasteiger charge is -2.11. The van der Waals surface area contributed by atoms with Crippen LogP contribution in [0.4, 0.5) is 4.79 Å². The number of imide groups is 1. The molecule has 1 aromatic carbocycles. The average molecular weight is 294 g/mol. The number of methoxy groups -OCH3 is 1. The van der Waals surface area contributed by atoms with Crippen LogP contribution in [0.1, 0.15) is 23.7 Å². The topological polar surface area (TPSA) is 93.7 Å². The first-order valence-corrected chi connectivity index (χ1v) is 6.44. The van der Waals surface area contributed by atoms with Gasteiger partial charge in [0.25, 0.3) is 5.91 Å². The number of urea groups is 1. The van der Waals surface area contributed by atoms with Gasteiger partial charge in [0.2, 0.25) is 0 Å². The molecule has 1 rings (SSSR count). The monoisotopic (exact) mass is 294 g/mol. The molecule has 0 aromatic heterocycles. The van der Waals surface area contributed by atoms with Gasteiger partial charge in [-0.3, -0.25) is 14.9 Å². The van der Waals surface area contributed by atoms with Gasteiger partial charge in [-0.15, -0.1) is 0 Å². The minimum atomic E-state index is -0.595. The molecule has 0 saturated heterocycles. The third-order valence-electron chi connectivity index (χ3n) is 2.47. The molecular formula is C14H18N2O5. The van der Waals surface area contributed by atoms with Crippen LogP contribution in [0.3, 0.4) is 0 Å². The molecule has 0 radical (unpaired) electrons. The Bertz CT molecular complexity index is 516. The van der Waals surface area contributed by atoms with Gasteiger partial charge in [-0.05, 0) is 24.6 Å². The minimum absolute atomic E-state index is 0.256. The van der Waals surface area contributed by atoms with E-state index in [1.807, 2.05) is 6.92 Å². The van der Waals surface area contributed by atoms with Gasteiger partial charge >= 0.3 is 6.03 Å². The molecule has 0 spiro atoms. The fraction of sp³-hybridized carbons (Fsp3) is 0.357. The predicted octanol–water partition coefficient (Wildman–Crippen LogP) is 1.12. The maximum atomic E-state index is 11.5. The first-order valence-electron chi connectivity index (χ1n) is 6.44. The number of hydrogen-bond acceptors (Lipinski definition) is 5. The second-order valence-electron chi connectivity index (χ2n) is 4.12. The highest BCUT2D eigenvalue weighted by atomic mass is 16.5. The van der Waals surface area contributed by atoms with E-state index < -0.39 is 11.9 Å². The standard InChI is InChI=1S/C14H18N2O5/c1-3-6-15-14(19)16-13(18)9-21-12-7-10(8-17)4-5-11(12)20-2/h4-5,7-8H,3,6,9H2,1-2H3,(H2,15,16,18,19). The third kappa shape index (κ3) is 5.52. The van der Waals surface area contributed by atoms with Gasteiger partial charge < -0.3 is 14.8 Å². The van der Waals surface area contributed by atoms with Crippen molar-refractivity contribution >= 4 is 18.2 Å². The maximum Gasteiger partial charge on any atom is 0.321 e. The highest BCUT2D eigenvalue weighted by Crippen LogP contribution is 2.27. The van der Waals surface area contributed by atoms with E-state index in [-0.39, 0.29) is 12.4 Å². The molecule has 0 saturated carbocycles. The summed E-state index contributed by atoms with van der Waals surface area (Å²) in [5, 5.41) is 4.63. The summed E-state index contributed by atoms with van der Waals surface area (Å²) in [6.45, 7) is 2.02. The van der Waals surface area contributed by atoms with Crippen molar-refractivity contribution in [1.82, 2.24) is 10.6 Å². The fourth-order valence-electron chi connectivity index (χ4n) is 1.47. The quantitative estimate of drug-likeness (QED) is 0.735. The summed E-state index contributed by atoms with van der Waals surface area (Å²) < 4.78 is 10.3. The van der Waals surface area contributed by atoms with Crippen molar-refractivity contribution in [3.05, 3.63) is 23.8 Å². The predicted molar refractivity (Wildman–Crippen MR) is 75.7 cm³/mol. The largest absolute Gasteiger partial charge is 0.493 e. The summed E-state index contributed by atoms with van der Waals surface area (Å²) in [7, 11) is 1.45. The van der Waals surface area contributed by atoms with E-state index >= 15 is 0 Å². The van der Waals surface area contributed by atoms with E-state index in [0.29, 0.717) is 24.1 Å². The Morgan fingerprint density at radius 1 is 1.29 bits per heavy atom. The van der Waals surface area contributed by atoms with Gasteiger partial charge in [0.1, 0.15) is 6.29 Å². The molecule has 1 aromatic rings. The normalized spacial score (nSPS) is 9.62. The van der Waals surface area contributed by atoms with Crippen molar-refractivity contribution in [2.75, 3.05) is 20.3 Å². The van der Waals surface area contributed by atoms with Gasteiger partial charge in [-0.1, -0.05) is 6.92 Å². The molecule has 0 aliphatic heterocycles. The van der Waals surface area contributed by atoms with E-state index in [4.69, 9.17) is 9.47 Å². The van der Waals surface area contributed by atoms with Crippen LogP contribution in [0.5, 0.6) is 11.5 Å². The molecule has 0 aliphatic rings. The molecule has 0 aliphatic carbocycles. The summed E-state index contributed by atoms with van der Waals surface area (Å²) in [6, 6.07) is 4.01. The minimum Gasteiger partial charge on any atom is -0.493 e. The van der Waals surface area contributed by atoms with Gasteiger partial charge in [0, 0.05) is 12.1 Å². The van der Waals surface area contributed by atoms with Crippen molar-refractivity contribution in [2.45, 2.75) is 13.3 Å². The van der Waals surface area contributed by atoms with Crippen LogP contribution in [0.25, 0.3) is 0 Å². The molecule has 0 heterocycles. The lowest BCUT2D eigenvalue weighted by atomic mass is 10.2. The van der Waals surface area contributed by atoms with Crippen molar-refractivity contribution in [3.63, 3.8) is 0 Å². The molecule has 21 heavy (non-hydrogen) atoms. The average Bonchev–Trinajstić information content (AvgIpc) is 2.50. The second-order valence-corrected chi connectivity index (χ2v) is 4.12. The molecule has 2 N–H and O–H groups in total. The zero-order valence-electron chi connectivity index (χ0n) is 12.0. The third-order valence-corrected chi connectivity index (χ3v) is 2.47. The number of hydrogen-bond donors (Lipinski definition) is 2. The molecule has 3 amide bonds. The van der Waals surface area contributed by atoms with Crippen LogP contribution in [0.2, 0.25) is 0 Å². The number of amides is 3. The Morgan fingerprint density at radius 3 is 2.67 bits per heavy atom. The molecule has 7 heteroatoms. The number of rotatable bonds is 7. The number of carbonyl (C=O) groups is 3. The zero-order valence-corrected chi connectivity index (χ0v) is 12.0. The molecule has 7 nitrogen and oxygen atoms in total. The second kappa shape index (κ2) is 8.57. The van der Waals surface area contributed by atoms with Crippen LogP contribution in [0.15, 0.2) is 18.2 Å². The van der Waals surface area contributed by atoms with Crippen molar-refractivity contribution in [1.29, 1.82) is 0 Å². The molecule has 0 fully saturated rings. The van der Waals surface area contributed by atoms with Crippen LogP contribution in [-0.2, 0) is 4.79 Å². The molecule has 114 valence electrons. The van der Waals surface area contributed by atoms with E-state index in [2.05, 4.69) is 10.6 Å². The summed E-state index contributed by atoms with van der Waals surface area (Å²) >= 11 is 0. The lowest BCUT2D eigenvalue weighted by Crippen LogP contribution is -2.41. The van der Waals surface area contributed by atoms with E-state index in [9.17, 15) is 14.4 Å². The first-order chi connectivity index (χ1) is 10.1. The van der Waals surface area contributed by atoms with Gasteiger partial charge in [0.15, 0.2) is 18.1 Å². The maximum absolute atomic E-state index is 11.5. The molecule has 0 unspecified atom stereocenters. The summed E-state index contributed by atoms with van der Waals surface area (Å²) in [4.78, 5) is 33.5. The highest BCUT2D eigenvalue weighted by molar-refractivity contribution is 5.95. The van der Waals surface area contributed by atoms with E-state index in [1.54, 1.807) is 12.1 Å². The van der Waals surface area contributed by atoms with Crippen molar-refractivity contribution in [3.8, 4) is 11.5 Å². The Labute approximate surface area is 122 Å². The highest BCUT2D eigenvalue weighted by Gasteiger charge is 2.11. The molecular weight excluding hydrogens is 276 g/mol. The van der Waals surface area contributed by atoms with Gasteiger partial charge in [-0.25, -0.2) is 4.79 Å². The van der Waals surface area contributed by atoms with E-state index in [0.717, 1.165) is 6.42 Å². The molecule has 0 atom stereocenters. The van der Waals surface area contributed by atoms with Crippen molar-refractivity contribution in [2.24, 2.45) is 0 Å². The number of nitrogens with one attached hydrogen (secondary N) is 2. The summed E-state index contributed by atoms with van der Waals surface area (Å²) in [6.07, 6.45) is 1.43. The summed E-state index contributed by atoms with van der Waals surface area (Å²) in [5.41, 5.74) is 0.395. The number of carbonyl (C=O) groups excluding carboxylic acids is 3.